The zero-order valence-electron chi connectivity index (χ0n) is 15.1. The number of benzene rings is 5. The lowest BCUT2D eigenvalue weighted by molar-refractivity contribution is 1.18. The van der Waals surface area contributed by atoms with Crippen molar-refractivity contribution in [2.45, 2.75) is 0 Å². The summed E-state index contributed by atoms with van der Waals surface area (Å²) in [5, 5.41) is 10.1. The van der Waals surface area contributed by atoms with Crippen molar-refractivity contribution in [1.82, 2.24) is 9.97 Å². The molecule has 2 nitrogen and oxygen atoms in total. The predicted octanol–water partition coefficient (Wildman–Crippen LogP) is 6.76. The first-order chi connectivity index (χ1) is 13.9. The van der Waals surface area contributed by atoms with Gasteiger partial charge in [-0.3, -0.25) is 0 Å². The fraction of sp³-hybridized carbons (Fsp3) is 0. The molecule has 0 bridgehead atoms. The van der Waals surface area contributed by atoms with E-state index in [9.17, 15) is 0 Å². The van der Waals surface area contributed by atoms with Gasteiger partial charge in [0.15, 0.2) is 5.82 Å². The summed E-state index contributed by atoms with van der Waals surface area (Å²) in [5.74, 6) is 0.762. The third-order valence-corrected chi connectivity index (χ3v) is 5.56. The van der Waals surface area contributed by atoms with Crippen LogP contribution >= 0.6 is 0 Å². The molecule has 0 unspecified atom stereocenters. The summed E-state index contributed by atoms with van der Waals surface area (Å²) >= 11 is 0. The van der Waals surface area contributed by atoms with Crippen LogP contribution in [-0.2, 0) is 0 Å². The molecule has 5 aromatic carbocycles. The lowest BCUT2D eigenvalue weighted by atomic mass is 9.89. The maximum Gasteiger partial charge on any atom is 0.159 e. The molecular weight excluding hydrogens is 340 g/mol. The van der Waals surface area contributed by atoms with Gasteiger partial charge in [-0.05, 0) is 55.2 Å². The average Bonchev–Trinajstić information content (AvgIpc) is 2.79. The average molecular weight is 356 g/mol. The second kappa shape index (κ2) is 5.86. The largest absolute Gasteiger partial charge is 0.237 e. The molecule has 130 valence electrons. The summed E-state index contributed by atoms with van der Waals surface area (Å²) in [6.07, 6.45) is 3.61. The molecule has 0 saturated carbocycles. The molecule has 1 heterocycles. The van der Waals surface area contributed by atoms with Crippen molar-refractivity contribution in [2.24, 2.45) is 0 Å². The molecule has 0 aliphatic heterocycles. The molecule has 0 aliphatic carbocycles. The van der Waals surface area contributed by atoms with E-state index in [0.717, 1.165) is 11.4 Å². The molecule has 0 saturated heterocycles. The predicted molar refractivity (Wildman–Crippen MR) is 117 cm³/mol. The minimum atomic E-state index is 0.762. The zero-order valence-corrected chi connectivity index (χ0v) is 15.1. The molecule has 0 spiro atoms. The van der Waals surface area contributed by atoms with Crippen molar-refractivity contribution in [2.75, 3.05) is 0 Å². The minimum Gasteiger partial charge on any atom is -0.237 e. The third kappa shape index (κ3) is 2.09. The standard InChI is InChI=1S/C26H16N2/c1-2-10-19-17(8-1)18-9-3-5-12-21(18)25-22-13-6-4-11-20(22)24(16-23(19)25)26-27-14-7-15-28-26/h1-16H. The molecule has 6 aromatic rings. The van der Waals surface area contributed by atoms with E-state index < -0.39 is 0 Å². The van der Waals surface area contributed by atoms with E-state index in [1.54, 1.807) is 12.4 Å². The first-order valence-electron chi connectivity index (χ1n) is 9.44. The fourth-order valence-corrected chi connectivity index (χ4v) is 4.39. The SMILES string of the molecule is c1cnc(-c2cc3c4ccccc4c4ccccc4c3c3ccccc23)nc1. The van der Waals surface area contributed by atoms with Crippen LogP contribution in [0.15, 0.2) is 97.3 Å². The first kappa shape index (κ1) is 15.3. The molecule has 0 amide bonds. The van der Waals surface area contributed by atoms with Crippen molar-refractivity contribution in [3.63, 3.8) is 0 Å². The Hall–Kier alpha value is -3.78. The van der Waals surface area contributed by atoms with Crippen LogP contribution in [-0.4, -0.2) is 9.97 Å². The third-order valence-electron chi connectivity index (χ3n) is 5.56. The van der Waals surface area contributed by atoms with Crippen LogP contribution in [0.25, 0.3) is 54.5 Å². The highest BCUT2D eigenvalue weighted by Crippen LogP contribution is 2.41. The van der Waals surface area contributed by atoms with Crippen molar-refractivity contribution in [1.29, 1.82) is 0 Å². The molecule has 0 N–H and O–H groups in total. The Kier molecular flexibility index (Phi) is 3.20. The van der Waals surface area contributed by atoms with Gasteiger partial charge in [0.25, 0.3) is 0 Å². The Balaban J connectivity index is 1.95. The van der Waals surface area contributed by atoms with E-state index in [1.165, 1.54) is 43.1 Å². The van der Waals surface area contributed by atoms with Gasteiger partial charge in [0.2, 0.25) is 0 Å². The van der Waals surface area contributed by atoms with Crippen molar-refractivity contribution in [3.8, 4) is 11.4 Å². The van der Waals surface area contributed by atoms with Gasteiger partial charge in [-0.2, -0.15) is 0 Å². The molecule has 28 heavy (non-hydrogen) atoms. The molecule has 1 aromatic heterocycles. The van der Waals surface area contributed by atoms with Crippen LogP contribution in [0.2, 0.25) is 0 Å². The van der Waals surface area contributed by atoms with E-state index in [1.807, 2.05) is 6.07 Å². The van der Waals surface area contributed by atoms with Crippen LogP contribution in [0.1, 0.15) is 0 Å². The first-order valence-corrected chi connectivity index (χ1v) is 9.44. The maximum absolute atomic E-state index is 4.54. The maximum atomic E-state index is 4.54. The molecule has 0 fully saturated rings. The van der Waals surface area contributed by atoms with Gasteiger partial charge in [0.05, 0.1) is 0 Å². The van der Waals surface area contributed by atoms with Gasteiger partial charge in [-0.25, -0.2) is 9.97 Å². The zero-order chi connectivity index (χ0) is 18.5. The van der Waals surface area contributed by atoms with Crippen LogP contribution in [0.4, 0.5) is 0 Å². The lowest BCUT2D eigenvalue weighted by Gasteiger charge is -2.15. The van der Waals surface area contributed by atoms with Crippen molar-refractivity contribution >= 4 is 43.1 Å². The Morgan fingerprint density at radius 3 is 1.54 bits per heavy atom. The minimum absolute atomic E-state index is 0.762. The lowest BCUT2D eigenvalue weighted by Crippen LogP contribution is -1.91. The van der Waals surface area contributed by atoms with E-state index >= 15 is 0 Å². The quantitative estimate of drug-likeness (QED) is 0.304. The summed E-state index contributed by atoms with van der Waals surface area (Å²) in [7, 11) is 0. The number of hydrogen-bond acceptors (Lipinski definition) is 2. The van der Waals surface area contributed by atoms with Gasteiger partial charge in [-0.15, -0.1) is 0 Å². The van der Waals surface area contributed by atoms with E-state index in [4.69, 9.17) is 0 Å². The summed E-state index contributed by atoms with van der Waals surface area (Å²) in [5.41, 5.74) is 1.07. The van der Waals surface area contributed by atoms with Crippen LogP contribution < -0.4 is 0 Å². The summed E-state index contributed by atoms with van der Waals surface area (Å²) in [6, 6.07) is 30.1. The van der Waals surface area contributed by atoms with Gasteiger partial charge in [0.1, 0.15) is 0 Å². The second-order valence-electron chi connectivity index (χ2n) is 7.06. The van der Waals surface area contributed by atoms with Gasteiger partial charge < -0.3 is 0 Å². The summed E-state index contributed by atoms with van der Waals surface area (Å²) < 4.78 is 0. The summed E-state index contributed by atoms with van der Waals surface area (Å²) in [6.45, 7) is 0. The Bertz CT molecular complexity index is 1500. The van der Waals surface area contributed by atoms with E-state index in [2.05, 4.69) is 88.8 Å². The smallest absolute Gasteiger partial charge is 0.159 e. The van der Waals surface area contributed by atoms with Gasteiger partial charge in [-0.1, -0.05) is 72.8 Å². The number of hydrogen-bond donors (Lipinski definition) is 0. The molecule has 0 radical (unpaired) electrons. The van der Waals surface area contributed by atoms with Crippen LogP contribution in [0.5, 0.6) is 0 Å². The van der Waals surface area contributed by atoms with Crippen LogP contribution in [0, 0.1) is 0 Å². The van der Waals surface area contributed by atoms with Crippen LogP contribution in [0.3, 0.4) is 0 Å². The van der Waals surface area contributed by atoms with Gasteiger partial charge >= 0.3 is 0 Å². The Morgan fingerprint density at radius 1 is 0.429 bits per heavy atom. The van der Waals surface area contributed by atoms with E-state index in [-0.39, 0.29) is 0 Å². The molecule has 0 atom stereocenters. The highest BCUT2D eigenvalue weighted by molar-refractivity contribution is 6.32. The Morgan fingerprint density at radius 2 is 0.893 bits per heavy atom. The van der Waals surface area contributed by atoms with Crippen molar-refractivity contribution in [3.05, 3.63) is 97.3 Å². The number of aromatic nitrogens is 2. The van der Waals surface area contributed by atoms with Gasteiger partial charge in [0, 0.05) is 18.0 Å². The molecule has 2 heteroatoms. The summed E-state index contributed by atoms with van der Waals surface area (Å²) in [4.78, 5) is 9.07. The topological polar surface area (TPSA) is 25.8 Å². The van der Waals surface area contributed by atoms with E-state index in [0.29, 0.717) is 0 Å². The number of nitrogens with zero attached hydrogens (tertiary/aromatic N) is 2. The normalized spacial score (nSPS) is 11.6. The monoisotopic (exact) mass is 356 g/mol. The molecule has 0 aliphatic rings. The number of rotatable bonds is 1. The molecular formula is C26H16N2. The fourth-order valence-electron chi connectivity index (χ4n) is 4.39. The highest BCUT2D eigenvalue weighted by Gasteiger charge is 2.15. The molecule has 6 rings (SSSR count). The highest BCUT2D eigenvalue weighted by atomic mass is 14.8. The van der Waals surface area contributed by atoms with Crippen molar-refractivity contribution < 1.29 is 0 Å². The second-order valence-corrected chi connectivity index (χ2v) is 7.06. The number of fused-ring (bicyclic) bond motifs is 8. The Labute approximate surface area is 162 Å².